The van der Waals surface area contributed by atoms with Crippen LogP contribution in [0, 0.1) is 0 Å². The van der Waals surface area contributed by atoms with Crippen molar-refractivity contribution < 1.29 is 14.3 Å². The molecule has 0 bridgehead atoms. The smallest absolute Gasteiger partial charge is 0.308 e. The average molecular weight is 173 g/mol. The second-order valence-corrected chi connectivity index (χ2v) is 3.36. The van der Waals surface area contributed by atoms with E-state index in [9.17, 15) is 9.59 Å². The predicted octanol–water partition coefficient (Wildman–Crippen LogP) is -0.307. The number of amides is 1. The summed E-state index contributed by atoms with van der Waals surface area (Å²) in [4.78, 5) is 21.7. The monoisotopic (exact) mass is 173 g/mol. The topological polar surface area (TPSA) is 46.6 Å². The third-order valence-corrected chi connectivity index (χ3v) is 2.78. The summed E-state index contributed by atoms with van der Waals surface area (Å²) in [6.45, 7) is 0. The molecule has 1 unspecified atom stereocenters. The molecule has 2 fully saturated rings. The first-order valence-corrected chi connectivity index (χ1v) is 3.96. The van der Waals surface area contributed by atoms with Crippen LogP contribution in [0.5, 0.6) is 0 Å². The van der Waals surface area contributed by atoms with Gasteiger partial charge in [0.15, 0.2) is 0 Å². The summed E-state index contributed by atoms with van der Waals surface area (Å²) in [6.07, 6.45) is 0.507. The molecule has 0 radical (unpaired) electrons. The highest BCUT2D eigenvalue weighted by molar-refractivity contribution is 7.14. The summed E-state index contributed by atoms with van der Waals surface area (Å²) in [6, 6.07) is -0.0278. The molecule has 0 aromatic rings. The van der Waals surface area contributed by atoms with Crippen LogP contribution in [0.2, 0.25) is 0 Å². The maximum Gasteiger partial charge on any atom is 0.308 e. The summed E-state index contributed by atoms with van der Waals surface area (Å²) in [5, 5.41) is 0. The van der Waals surface area contributed by atoms with E-state index in [0.717, 1.165) is 0 Å². The molecule has 0 spiro atoms. The van der Waals surface area contributed by atoms with E-state index in [2.05, 4.69) is 9.39 Å². The Morgan fingerprint density at radius 2 is 2.18 bits per heavy atom. The zero-order chi connectivity index (χ0) is 8.01. The van der Waals surface area contributed by atoms with Crippen molar-refractivity contribution in [3.63, 3.8) is 0 Å². The standard InChI is InChI=1S/C6H8NO3P/c8-5-2-4-3(7(5)11)1-6(9)10-4/h3-4H,1-2,11H2/t3-,4-/m1/s1. The van der Waals surface area contributed by atoms with E-state index in [1.165, 1.54) is 4.67 Å². The quantitative estimate of drug-likeness (QED) is 0.373. The molecule has 0 aromatic heterocycles. The van der Waals surface area contributed by atoms with E-state index in [-0.39, 0.29) is 24.0 Å². The van der Waals surface area contributed by atoms with Crippen LogP contribution in [0.4, 0.5) is 0 Å². The number of nitrogens with zero attached hydrogens (tertiary/aromatic N) is 1. The van der Waals surface area contributed by atoms with Crippen molar-refractivity contribution in [1.29, 1.82) is 0 Å². The molecule has 0 aromatic carbocycles. The fourth-order valence-electron chi connectivity index (χ4n) is 1.52. The first-order valence-electron chi connectivity index (χ1n) is 3.45. The fourth-order valence-corrected chi connectivity index (χ4v) is 1.92. The molecule has 0 saturated carbocycles. The summed E-state index contributed by atoms with van der Waals surface area (Å²) in [5.41, 5.74) is 0. The molecule has 60 valence electrons. The Morgan fingerprint density at radius 3 is 2.82 bits per heavy atom. The van der Waals surface area contributed by atoms with Crippen molar-refractivity contribution in [3.8, 4) is 0 Å². The number of carbonyl (C=O) groups excluding carboxylic acids is 2. The highest BCUT2D eigenvalue weighted by Crippen LogP contribution is 2.32. The fraction of sp³-hybridized carbons (Fsp3) is 0.667. The maximum atomic E-state index is 11.0. The minimum absolute atomic E-state index is 0.0278. The van der Waals surface area contributed by atoms with Gasteiger partial charge in [0.25, 0.3) is 0 Å². The summed E-state index contributed by atoms with van der Waals surface area (Å²) in [5.74, 6) is -0.155. The Morgan fingerprint density at radius 1 is 1.45 bits per heavy atom. The Kier molecular flexibility index (Phi) is 1.39. The van der Waals surface area contributed by atoms with Gasteiger partial charge >= 0.3 is 5.97 Å². The number of carbonyl (C=O) groups is 2. The molecular formula is C6H8NO3P. The molecule has 2 heterocycles. The molecule has 0 aliphatic carbocycles. The SMILES string of the molecule is O=C1C[C@@H]2[C@@H](CC(=O)N2P)O1. The second kappa shape index (κ2) is 2.18. The summed E-state index contributed by atoms with van der Waals surface area (Å²) >= 11 is 0. The molecule has 0 N–H and O–H groups in total. The Labute approximate surface area is 66.1 Å². The first-order chi connectivity index (χ1) is 5.18. The molecule has 11 heavy (non-hydrogen) atoms. The summed E-state index contributed by atoms with van der Waals surface area (Å²) in [7, 11) is 2.33. The van der Waals surface area contributed by atoms with E-state index in [1.54, 1.807) is 0 Å². The Bertz CT molecular complexity index is 230. The zero-order valence-electron chi connectivity index (χ0n) is 5.82. The molecule has 2 rings (SSSR count). The highest BCUT2D eigenvalue weighted by atomic mass is 31.0. The van der Waals surface area contributed by atoms with Crippen molar-refractivity contribution in [2.45, 2.75) is 25.0 Å². The van der Waals surface area contributed by atoms with Crippen LogP contribution in [-0.4, -0.2) is 28.7 Å². The van der Waals surface area contributed by atoms with E-state index in [0.29, 0.717) is 12.8 Å². The zero-order valence-corrected chi connectivity index (χ0v) is 6.97. The third kappa shape index (κ3) is 0.932. The van der Waals surface area contributed by atoms with Gasteiger partial charge in [-0.15, -0.1) is 0 Å². The van der Waals surface area contributed by atoms with Crippen LogP contribution < -0.4 is 0 Å². The van der Waals surface area contributed by atoms with Crippen molar-refractivity contribution in [3.05, 3.63) is 0 Å². The van der Waals surface area contributed by atoms with Crippen molar-refractivity contribution in [1.82, 2.24) is 4.67 Å². The predicted molar refractivity (Wildman–Crippen MR) is 39.5 cm³/mol. The van der Waals surface area contributed by atoms with Crippen LogP contribution in [-0.2, 0) is 14.3 Å². The average Bonchev–Trinajstić information content (AvgIpc) is 2.37. The molecule has 2 aliphatic rings. The van der Waals surface area contributed by atoms with Gasteiger partial charge in [-0.25, -0.2) is 0 Å². The van der Waals surface area contributed by atoms with E-state index >= 15 is 0 Å². The number of fused-ring (bicyclic) bond motifs is 1. The van der Waals surface area contributed by atoms with Gasteiger partial charge in [0, 0.05) is 0 Å². The number of hydrogen-bond donors (Lipinski definition) is 0. The normalized spacial score (nSPS) is 35.9. The molecule has 5 heteroatoms. The highest BCUT2D eigenvalue weighted by Gasteiger charge is 2.46. The largest absolute Gasteiger partial charge is 0.460 e. The third-order valence-electron chi connectivity index (χ3n) is 2.11. The molecule has 2 saturated heterocycles. The van der Waals surface area contributed by atoms with E-state index < -0.39 is 0 Å². The first kappa shape index (κ1) is 7.04. The molecule has 3 atom stereocenters. The van der Waals surface area contributed by atoms with Crippen LogP contribution in [0.15, 0.2) is 0 Å². The van der Waals surface area contributed by atoms with Gasteiger partial charge in [0.1, 0.15) is 6.10 Å². The lowest BCUT2D eigenvalue weighted by atomic mass is 10.2. The van der Waals surface area contributed by atoms with Crippen LogP contribution in [0.3, 0.4) is 0 Å². The van der Waals surface area contributed by atoms with Crippen LogP contribution >= 0.6 is 9.39 Å². The van der Waals surface area contributed by atoms with Gasteiger partial charge in [0.05, 0.1) is 18.9 Å². The lowest BCUT2D eigenvalue weighted by Gasteiger charge is -2.14. The minimum Gasteiger partial charge on any atom is -0.460 e. The van der Waals surface area contributed by atoms with Crippen molar-refractivity contribution >= 4 is 21.3 Å². The Hall–Kier alpha value is -0.630. The number of esters is 1. The maximum absolute atomic E-state index is 11.0. The molecule has 1 amide bonds. The minimum atomic E-state index is -0.194. The van der Waals surface area contributed by atoms with Gasteiger partial charge < -0.3 is 9.41 Å². The van der Waals surface area contributed by atoms with Gasteiger partial charge in [0.2, 0.25) is 5.91 Å². The van der Waals surface area contributed by atoms with Crippen molar-refractivity contribution in [2.75, 3.05) is 0 Å². The van der Waals surface area contributed by atoms with Crippen molar-refractivity contribution in [2.24, 2.45) is 0 Å². The second-order valence-electron chi connectivity index (χ2n) is 2.80. The van der Waals surface area contributed by atoms with E-state index in [4.69, 9.17) is 4.74 Å². The Balaban J connectivity index is 2.19. The van der Waals surface area contributed by atoms with E-state index in [1.807, 2.05) is 0 Å². The van der Waals surface area contributed by atoms with Gasteiger partial charge in [-0.05, 0) is 9.39 Å². The lowest BCUT2D eigenvalue weighted by Crippen LogP contribution is -2.25. The van der Waals surface area contributed by atoms with Crippen LogP contribution in [0.25, 0.3) is 0 Å². The number of hydrogen-bond acceptors (Lipinski definition) is 3. The molecule has 4 nitrogen and oxygen atoms in total. The van der Waals surface area contributed by atoms with Crippen LogP contribution in [0.1, 0.15) is 12.8 Å². The van der Waals surface area contributed by atoms with Gasteiger partial charge in [-0.1, -0.05) is 0 Å². The van der Waals surface area contributed by atoms with Gasteiger partial charge in [-0.3, -0.25) is 9.59 Å². The molecule has 2 aliphatic heterocycles. The molecular weight excluding hydrogens is 165 g/mol. The number of ether oxygens (including phenoxy) is 1. The van der Waals surface area contributed by atoms with Gasteiger partial charge in [-0.2, -0.15) is 0 Å². The summed E-state index contributed by atoms with van der Waals surface area (Å²) < 4.78 is 6.43. The lowest BCUT2D eigenvalue weighted by molar-refractivity contribution is -0.142. The number of rotatable bonds is 0.